The van der Waals surface area contributed by atoms with Gasteiger partial charge in [-0.2, -0.15) is 4.98 Å². The monoisotopic (exact) mass is 287 g/mol. The minimum atomic E-state index is -0.658. The van der Waals surface area contributed by atoms with Gasteiger partial charge in [-0.25, -0.2) is 4.98 Å². The number of aromatic nitrogens is 2. The Labute approximate surface area is 114 Å². The van der Waals surface area contributed by atoms with Gasteiger partial charge in [0.15, 0.2) is 0 Å². The summed E-state index contributed by atoms with van der Waals surface area (Å²) in [5.74, 6) is -0.276. The van der Waals surface area contributed by atoms with Crippen LogP contribution in [-0.2, 0) is 4.79 Å². The van der Waals surface area contributed by atoms with E-state index in [1.54, 1.807) is 14.0 Å². The number of hydrogen-bond acceptors (Lipinski definition) is 6. The van der Waals surface area contributed by atoms with Crippen LogP contribution in [0.3, 0.4) is 0 Å². The van der Waals surface area contributed by atoms with Crippen LogP contribution in [0.15, 0.2) is 6.20 Å². The van der Waals surface area contributed by atoms with Crippen LogP contribution in [0, 0.1) is 10.1 Å². The van der Waals surface area contributed by atoms with E-state index in [-0.39, 0.29) is 22.7 Å². The van der Waals surface area contributed by atoms with E-state index in [1.165, 1.54) is 4.90 Å². The fourth-order valence-corrected chi connectivity index (χ4v) is 1.48. The molecule has 1 heterocycles. The van der Waals surface area contributed by atoms with Gasteiger partial charge in [-0.1, -0.05) is 0 Å². The Morgan fingerprint density at radius 2 is 2.32 bits per heavy atom. The maximum Gasteiger partial charge on any atom is 0.329 e. The molecule has 0 spiro atoms. The summed E-state index contributed by atoms with van der Waals surface area (Å²) in [4.78, 5) is 30.8. The third-order valence-electron chi connectivity index (χ3n) is 2.51. The molecule has 0 radical (unpaired) electrons. The molecular weight excluding hydrogens is 274 g/mol. The Kier molecular flexibility index (Phi) is 4.99. The van der Waals surface area contributed by atoms with Gasteiger partial charge in [0.2, 0.25) is 17.0 Å². The number of hydrogen-bond donors (Lipinski definition) is 1. The van der Waals surface area contributed by atoms with Gasteiger partial charge < -0.3 is 10.2 Å². The zero-order chi connectivity index (χ0) is 14.6. The first kappa shape index (κ1) is 15.1. The topological polar surface area (TPSA) is 101 Å². The van der Waals surface area contributed by atoms with E-state index in [1.807, 2.05) is 6.92 Å². The van der Waals surface area contributed by atoms with Gasteiger partial charge in [0, 0.05) is 13.6 Å². The second-order valence-electron chi connectivity index (χ2n) is 3.85. The molecule has 1 rings (SSSR count). The Hall–Kier alpha value is -1.96. The van der Waals surface area contributed by atoms with Gasteiger partial charge in [-0.3, -0.25) is 14.9 Å². The molecule has 1 atom stereocenters. The summed E-state index contributed by atoms with van der Waals surface area (Å²) in [7, 11) is 1.64. The molecule has 104 valence electrons. The number of nitrogens with one attached hydrogen (secondary N) is 1. The van der Waals surface area contributed by atoms with E-state index in [4.69, 9.17) is 11.6 Å². The average Bonchev–Trinajstić information content (AvgIpc) is 2.36. The summed E-state index contributed by atoms with van der Waals surface area (Å²) >= 11 is 5.59. The normalized spacial score (nSPS) is 11.8. The third kappa shape index (κ3) is 3.75. The highest BCUT2D eigenvalue weighted by atomic mass is 35.5. The first-order valence-corrected chi connectivity index (χ1v) is 5.93. The SMILES string of the molecule is CCN(C)C(=O)C(C)Nc1nc(Cl)ncc1[N+](=O)[O-]. The van der Waals surface area contributed by atoms with Crippen LogP contribution >= 0.6 is 11.6 Å². The smallest absolute Gasteiger partial charge is 0.329 e. The van der Waals surface area contributed by atoms with Crippen molar-refractivity contribution in [3.8, 4) is 0 Å². The molecule has 1 unspecified atom stereocenters. The highest BCUT2D eigenvalue weighted by molar-refractivity contribution is 6.28. The minimum absolute atomic E-state index is 0.0737. The predicted octanol–water partition coefficient (Wildman–Crippen LogP) is 1.32. The zero-order valence-corrected chi connectivity index (χ0v) is 11.5. The van der Waals surface area contributed by atoms with Gasteiger partial charge in [-0.15, -0.1) is 0 Å². The third-order valence-corrected chi connectivity index (χ3v) is 2.69. The average molecular weight is 288 g/mol. The number of amides is 1. The summed E-state index contributed by atoms with van der Waals surface area (Å²) in [5.41, 5.74) is -0.330. The summed E-state index contributed by atoms with van der Waals surface area (Å²) in [6.07, 6.45) is 0.998. The first-order chi connectivity index (χ1) is 8.86. The van der Waals surface area contributed by atoms with Crippen molar-refractivity contribution >= 4 is 29.0 Å². The highest BCUT2D eigenvalue weighted by Gasteiger charge is 2.22. The lowest BCUT2D eigenvalue weighted by atomic mass is 10.3. The van der Waals surface area contributed by atoms with Crippen LogP contribution in [-0.4, -0.2) is 45.3 Å². The van der Waals surface area contributed by atoms with Crippen LogP contribution in [0.5, 0.6) is 0 Å². The second-order valence-corrected chi connectivity index (χ2v) is 4.19. The molecule has 0 saturated carbocycles. The van der Waals surface area contributed by atoms with E-state index in [9.17, 15) is 14.9 Å². The van der Waals surface area contributed by atoms with Gasteiger partial charge in [0.05, 0.1) is 4.92 Å². The van der Waals surface area contributed by atoms with Crippen molar-refractivity contribution in [3.63, 3.8) is 0 Å². The summed E-state index contributed by atoms with van der Waals surface area (Å²) in [6.45, 7) is 3.96. The van der Waals surface area contributed by atoms with Crippen LogP contribution in [0.2, 0.25) is 5.28 Å². The minimum Gasteiger partial charge on any atom is -0.353 e. The molecule has 0 fully saturated rings. The molecule has 9 heteroatoms. The largest absolute Gasteiger partial charge is 0.353 e. The highest BCUT2D eigenvalue weighted by Crippen LogP contribution is 2.22. The van der Waals surface area contributed by atoms with Gasteiger partial charge >= 0.3 is 5.69 Å². The number of anilines is 1. The molecule has 1 N–H and O–H groups in total. The second kappa shape index (κ2) is 6.28. The lowest BCUT2D eigenvalue weighted by Gasteiger charge is -2.20. The van der Waals surface area contributed by atoms with Crippen molar-refractivity contribution in [1.29, 1.82) is 0 Å². The van der Waals surface area contributed by atoms with Crippen LogP contribution < -0.4 is 5.32 Å². The molecule has 1 aromatic rings. The number of carbonyl (C=O) groups is 1. The molecule has 0 aliphatic carbocycles. The van der Waals surface area contributed by atoms with E-state index < -0.39 is 11.0 Å². The molecule has 19 heavy (non-hydrogen) atoms. The molecule has 0 aromatic carbocycles. The van der Waals surface area contributed by atoms with Crippen LogP contribution in [0.1, 0.15) is 13.8 Å². The Morgan fingerprint density at radius 3 is 2.84 bits per heavy atom. The van der Waals surface area contributed by atoms with E-state index in [0.29, 0.717) is 6.54 Å². The Bertz CT molecular complexity index is 496. The quantitative estimate of drug-likeness (QED) is 0.498. The van der Waals surface area contributed by atoms with E-state index in [0.717, 1.165) is 6.20 Å². The van der Waals surface area contributed by atoms with Crippen molar-refractivity contribution in [2.45, 2.75) is 19.9 Å². The maximum atomic E-state index is 11.9. The predicted molar refractivity (Wildman–Crippen MR) is 70.1 cm³/mol. The molecule has 1 aromatic heterocycles. The number of likely N-dealkylation sites (N-methyl/N-ethyl adjacent to an activating group) is 1. The van der Waals surface area contributed by atoms with Gasteiger partial charge in [0.25, 0.3) is 0 Å². The maximum absolute atomic E-state index is 11.9. The van der Waals surface area contributed by atoms with Gasteiger partial charge in [0.1, 0.15) is 12.2 Å². The lowest BCUT2D eigenvalue weighted by Crippen LogP contribution is -2.39. The molecule has 0 aliphatic heterocycles. The number of halogens is 1. The molecule has 1 amide bonds. The number of carbonyl (C=O) groups excluding carboxylic acids is 1. The van der Waals surface area contributed by atoms with Crippen molar-refractivity contribution in [2.24, 2.45) is 0 Å². The van der Waals surface area contributed by atoms with E-state index in [2.05, 4.69) is 15.3 Å². The number of nitrogens with zero attached hydrogens (tertiary/aromatic N) is 4. The fourth-order valence-electron chi connectivity index (χ4n) is 1.35. The molecular formula is C10H14ClN5O3. The van der Waals surface area contributed by atoms with Crippen molar-refractivity contribution in [2.75, 3.05) is 18.9 Å². The summed E-state index contributed by atoms with van der Waals surface area (Å²) < 4.78 is 0. The molecule has 0 aliphatic rings. The first-order valence-electron chi connectivity index (χ1n) is 5.55. The molecule has 8 nitrogen and oxygen atoms in total. The molecule has 0 saturated heterocycles. The number of nitro groups is 1. The van der Waals surface area contributed by atoms with Gasteiger partial charge in [-0.05, 0) is 25.4 Å². The zero-order valence-electron chi connectivity index (χ0n) is 10.8. The van der Waals surface area contributed by atoms with Crippen LogP contribution in [0.4, 0.5) is 11.5 Å². The summed E-state index contributed by atoms with van der Waals surface area (Å²) in [5, 5.41) is 13.4. The lowest BCUT2D eigenvalue weighted by molar-refractivity contribution is -0.384. The van der Waals surface area contributed by atoms with Crippen molar-refractivity contribution in [3.05, 3.63) is 21.6 Å². The standard InChI is InChI=1S/C10H14ClN5O3/c1-4-15(3)9(17)6(2)13-8-7(16(18)19)5-12-10(11)14-8/h5-6H,4H2,1-3H3,(H,12,13,14). The fraction of sp³-hybridized carbons (Fsp3) is 0.500. The Balaban J connectivity index is 2.95. The Morgan fingerprint density at radius 1 is 1.68 bits per heavy atom. The molecule has 0 bridgehead atoms. The van der Waals surface area contributed by atoms with Crippen molar-refractivity contribution < 1.29 is 9.72 Å². The number of rotatable bonds is 5. The van der Waals surface area contributed by atoms with E-state index >= 15 is 0 Å². The van der Waals surface area contributed by atoms with Crippen LogP contribution in [0.25, 0.3) is 0 Å². The summed E-state index contributed by atoms with van der Waals surface area (Å²) in [6, 6.07) is -0.658. The van der Waals surface area contributed by atoms with Crippen molar-refractivity contribution in [1.82, 2.24) is 14.9 Å².